The smallest absolute Gasteiger partial charge is 0.295 e. The van der Waals surface area contributed by atoms with Crippen LogP contribution in [0.5, 0.6) is 11.5 Å². The molecule has 0 bridgehead atoms. The van der Waals surface area contributed by atoms with Crippen LogP contribution < -0.4 is 9.47 Å². The van der Waals surface area contributed by atoms with E-state index in [2.05, 4.69) is 11.9 Å². The van der Waals surface area contributed by atoms with Crippen LogP contribution in [0.15, 0.2) is 72.8 Å². The molecule has 8 nitrogen and oxygen atoms in total. The number of benzene rings is 2. The summed E-state index contributed by atoms with van der Waals surface area (Å²) in [6, 6.07) is 13.4. The normalized spacial score (nSPS) is 16.9. The number of imidazole rings is 1. The number of unbranched alkanes of at least 4 members (excludes halogenated alkanes) is 1. The number of hydrogen-bond acceptors (Lipinski definition) is 6. The van der Waals surface area contributed by atoms with Gasteiger partial charge in [0.2, 0.25) is 0 Å². The van der Waals surface area contributed by atoms with E-state index in [1.165, 1.54) is 0 Å². The van der Waals surface area contributed by atoms with E-state index in [9.17, 15) is 14.7 Å². The number of ketones is 1. The molecule has 8 heteroatoms. The van der Waals surface area contributed by atoms with Crippen LogP contribution in [0.3, 0.4) is 0 Å². The molecule has 0 aliphatic carbocycles. The van der Waals surface area contributed by atoms with Crippen LogP contribution in [-0.4, -0.2) is 51.5 Å². The van der Waals surface area contributed by atoms with Crippen molar-refractivity contribution in [2.45, 2.75) is 38.8 Å². The molecule has 1 fully saturated rings. The van der Waals surface area contributed by atoms with E-state index < -0.39 is 17.7 Å². The number of Topliss-reactive ketones (excluding diaryl/α,β-unsaturated/α-hetero) is 1. The molecule has 1 N–H and O–H groups in total. The summed E-state index contributed by atoms with van der Waals surface area (Å²) in [6.45, 7) is 3.66. The monoisotopic (exact) mass is 489 g/mol. The molecule has 1 aromatic heterocycles. The van der Waals surface area contributed by atoms with Crippen LogP contribution in [-0.2, 0) is 16.1 Å². The summed E-state index contributed by atoms with van der Waals surface area (Å²) in [7, 11) is 1.56. The molecule has 0 spiro atoms. The molecule has 4 rings (SSSR count). The fraction of sp³-hybridized carbons (Fsp3) is 0.321. The van der Waals surface area contributed by atoms with Crippen molar-refractivity contribution in [1.82, 2.24) is 14.5 Å². The van der Waals surface area contributed by atoms with Crippen LogP contribution >= 0.6 is 0 Å². The van der Waals surface area contributed by atoms with Gasteiger partial charge in [-0.15, -0.1) is 0 Å². The fourth-order valence-electron chi connectivity index (χ4n) is 4.31. The van der Waals surface area contributed by atoms with Crippen LogP contribution in [0.2, 0.25) is 0 Å². The third-order valence-corrected chi connectivity index (χ3v) is 6.22. The van der Waals surface area contributed by atoms with Gasteiger partial charge >= 0.3 is 0 Å². The topological polar surface area (TPSA) is 93.9 Å². The first-order valence-corrected chi connectivity index (χ1v) is 12.1. The second-order valence-electron chi connectivity index (χ2n) is 8.65. The molecule has 1 unspecified atom stereocenters. The number of aliphatic hydroxyl groups is 1. The van der Waals surface area contributed by atoms with E-state index in [4.69, 9.17) is 9.47 Å². The van der Waals surface area contributed by atoms with Crippen molar-refractivity contribution in [2.24, 2.45) is 0 Å². The summed E-state index contributed by atoms with van der Waals surface area (Å²) in [4.78, 5) is 32.0. The zero-order valence-electron chi connectivity index (χ0n) is 20.6. The maximum Gasteiger partial charge on any atom is 0.295 e. The van der Waals surface area contributed by atoms with Crippen molar-refractivity contribution in [3.63, 3.8) is 0 Å². The van der Waals surface area contributed by atoms with Gasteiger partial charge in [-0.05, 0) is 54.8 Å². The number of aliphatic hydroxyl groups excluding tert-OH is 1. The molecule has 0 saturated carbocycles. The van der Waals surface area contributed by atoms with Crippen molar-refractivity contribution >= 4 is 17.4 Å². The number of aryl methyl sites for hydroxylation is 1. The highest BCUT2D eigenvalue weighted by molar-refractivity contribution is 6.46. The standard InChI is InChI=1S/C28H31N3O5/c1-3-4-17-36-23-8-5-7-21(18-23)25-24(26(32)20-9-11-22(35-2)12-10-20)27(33)28(34)31(25)15-6-14-30-16-13-29-19-30/h5,7-13,16,18-19,25,32H,3-4,6,14-15,17H2,1-2H3. The number of hydrogen-bond donors (Lipinski definition) is 1. The summed E-state index contributed by atoms with van der Waals surface area (Å²) in [5.41, 5.74) is 1.21. The molecule has 1 aliphatic rings. The van der Waals surface area contributed by atoms with Gasteiger partial charge in [-0.3, -0.25) is 9.59 Å². The van der Waals surface area contributed by atoms with E-state index in [0.29, 0.717) is 48.7 Å². The maximum absolute atomic E-state index is 13.2. The minimum absolute atomic E-state index is 0.0681. The first-order chi connectivity index (χ1) is 17.5. The van der Waals surface area contributed by atoms with Crippen molar-refractivity contribution in [2.75, 3.05) is 20.3 Å². The number of nitrogens with zero attached hydrogens (tertiary/aromatic N) is 3. The summed E-state index contributed by atoms with van der Waals surface area (Å²) in [6.07, 6.45) is 7.83. The van der Waals surface area contributed by atoms with Crippen LogP contribution in [0.4, 0.5) is 0 Å². The van der Waals surface area contributed by atoms with Crippen molar-refractivity contribution in [3.05, 3.63) is 84.0 Å². The SMILES string of the molecule is CCCCOc1cccc(C2C(=C(O)c3ccc(OC)cc3)C(=O)C(=O)N2CCCn2ccnc2)c1. The van der Waals surface area contributed by atoms with E-state index >= 15 is 0 Å². The maximum atomic E-state index is 13.2. The Bertz CT molecular complexity index is 1220. The number of methoxy groups -OCH3 is 1. The second-order valence-corrected chi connectivity index (χ2v) is 8.65. The predicted octanol–water partition coefficient (Wildman–Crippen LogP) is 4.58. The Kier molecular flexibility index (Phi) is 8.05. The largest absolute Gasteiger partial charge is 0.507 e. The lowest BCUT2D eigenvalue weighted by Gasteiger charge is -2.26. The molecule has 2 heterocycles. The minimum Gasteiger partial charge on any atom is -0.507 e. The molecule has 1 aliphatic heterocycles. The van der Waals surface area contributed by atoms with Crippen LogP contribution in [0.1, 0.15) is 43.4 Å². The van der Waals surface area contributed by atoms with Gasteiger partial charge < -0.3 is 24.0 Å². The summed E-state index contributed by atoms with van der Waals surface area (Å²) >= 11 is 0. The van der Waals surface area contributed by atoms with Gasteiger partial charge in [0, 0.05) is 31.0 Å². The molecule has 1 amide bonds. The highest BCUT2D eigenvalue weighted by atomic mass is 16.5. The third kappa shape index (κ3) is 5.43. The molecule has 2 aromatic carbocycles. The van der Waals surface area contributed by atoms with E-state index in [0.717, 1.165) is 12.8 Å². The Morgan fingerprint density at radius 1 is 1.06 bits per heavy atom. The quantitative estimate of drug-likeness (QED) is 0.183. The van der Waals surface area contributed by atoms with Crippen molar-refractivity contribution < 1.29 is 24.2 Å². The van der Waals surface area contributed by atoms with E-state index in [1.54, 1.807) is 48.8 Å². The fourth-order valence-corrected chi connectivity index (χ4v) is 4.31. The summed E-state index contributed by atoms with van der Waals surface area (Å²) in [5.74, 6) is -0.254. The van der Waals surface area contributed by atoms with Crippen molar-refractivity contribution in [3.8, 4) is 11.5 Å². The Hall–Kier alpha value is -4.07. The Balaban J connectivity index is 1.71. The van der Waals surface area contributed by atoms with Gasteiger partial charge in [-0.25, -0.2) is 4.98 Å². The lowest BCUT2D eigenvalue weighted by molar-refractivity contribution is -0.139. The molecule has 0 radical (unpaired) electrons. The Morgan fingerprint density at radius 3 is 2.56 bits per heavy atom. The molecular formula is C28H31N3O5. The van der Waals surface area contributed by atoms with E-state index in [1.807, 2.05) is 35.0 Å². The highest BCUT2D eigenvalue weighted by Gasteiger charge is 2.45. The van der Waals surface area contributed by atoms with Gasteiger partial charge in [0.25, 0.3) is 11.7 Å². The van der Waals surface area contributed by atoms with Gasteiger partial charge in [0.15, 0.2) is 0 Å². The van der Waals surface area contributed by atoms with Crippen LogP contribution in [0, 0.1) is 0 Å². The summed E-state index contributed by atoms with van der Waals surface area (Å²) in [5, 5.41) is 11.2. The molecular weight excluding hydrogens is 458 g/mol. The van der Waals surface area contributed by atoms with Gasteiger partial charge in [0.05, 0.1) is 31.7 Å². The lowest BCUT2D eigenvalue weighted by Crippen LogP contribution is -2.31. The first kappa shape index (κ1) is 25.0. The van der Waals surface area contributed by atoms with E-state index in [-0.39, 0.29) is 11.3 Å². The molecule has 1 atom stereocenters. The highest BCUT2D eigenvalue weighted by Crippen LogP contribution is 2.40. The third-order valence-electron chi connectivity index (χ3n) is 6.22. The van der Waals surface area contributed by atoms with Crippen LogP contribution in [0.25, 0.3) is 5.76 Å². The predicted molar refractivity (Wildman–Crippen MR) is 136 cm³/mol. The second kappa shape index (κ2) is 11.6. The molecule has 1 saturated heterocycles. The van der Waals surface area contributed by atoms with Gasteiger partial charge in [-0.1, -0.05) is 25.5 Å². The molecule has 188 valence electrons. The average Bonchev–Trinajstić information content (AvgIpc) is 3.51. The van der Waals surface area contributed by atoms with Gasteiger partial charge in [0.1, 0.15) is 17.3 Å². The Labute approximate surface area is 210 Å². The number of likely N-dealkylation sites (tertiary alicyclic amines) is 1. The minimum atomic E-state index is -0.732. The molecule has 36 heavy (non-hydrogen) atoms. The average molecular weight is 490 g/mol. The number of amides is 1. The number of aromatic nitrogens is 2. The number of carbonyl (C=O) groups excluding carboxylic acids is 2. The summed E-state index contributed by atoms with van der Waals surface area (Å²) < 4.78 is 13.0. The number of ether oxygens (including phenoxy) is 2. The zero-order chi connectivity index (χ0) is 25.5. The Morgan fingerprint density at radius 2 is 1.86 bits per heavy atom. The van der Waals surface area contributed by atoms with Crippen molar-refractivity contribution in [1.29, 1.82) is 0 Å². The lowest BCUT2D eigenvalue weighted by atomic mass is 9.95. The number of rotatable bonds is 11. The molecule has 3 aromatic rings. The zero-order valence-corrected chi connectivity index (χ0v) is 20.6. The van der Waals surface area contributed by atoms with Gasteiger partial charge in [-0.2, -0.15) is 0 Å². The first-order valence-electron chi connectivity index (χ1n) is 12.1. The number of carbonyl (C=O) groups is 2.